The van der Waals surface area contributed by atoms with Gasteiger partial charge in [0.2, 0.25) is 0 Å². The second-order valence-corrected chi connectivity index (χ2v) is 11.6. The maximum Gasteiger partial charge on any atom is 0.164 e. The summed E-state index contributed by atoms with van der Waals surface area (Å²) in [5, 5.41) is 2.05. The molecule has 5 aromatic carbocycles. The van der Waals surface area contributed by atoms with Crippen LogP contribution < -0.4 is 0 Å². The van der Waals surface area contributed by atoms with Crippen LogP contribution in [0.25, 0.3) is 61.7 Å². The van der Waals surface area contributed by atoms with Crippen molar-refractivity contribution in [3.8, 4) is 34.2 Å². The predicted molar refractivity (Wildman–Crippen MR) is 181 cm³/mol. The zero-order valence-electron chi connectivity index (χ0n) is 24.3. The lowest BCUT2D eigenvalue weighted by Crippen LogP contribution is -2.16. The molecule has 0 radical (unpaired) electrons. The van der Waals surface area contributed by atoms with Gasteiger partial charge in [0.25, 0.3) is 0 Å². The molecule has 0 aliphatic heterocycles. The molecule has 2 atom stereocenters. The number of fused-ring (bicyclic) bond motifs is 6. The van der Waals surface area contributed by atoms with Crippen LogP contribution in [0.1, 0.15) is 22.6 Å². The molecule has 0 N–H and O–H groups in total. The Kier molecular flexibility index (Phi) is 5.91. The first-order chi connectivity index (χ1) is 22.3. The van der Waals surface area contributed by atoms with Crippen LogP contribution in [-0.2, 0) is 0 Å². The molecule has 2 unspecified atom stereocenters. The predicted octanol–water partition coefficient (Wildman–Crippen LogP) is 10.0. The lowest BCUT2D eigenvalue weighted by Gasteiger charge is -2.31. The molecule has 7 aromatic rings. The largest absolute Gasteiger partial charge is 0.456 e. The van der Waals surface area contributed by atoms with Gasteiger partial charge in [0.05, 0.1) is 0 Å². The lowest BCUT2D eigenvalue weighted by atomic mass is 9.73. The van der Waals surface area contributed by atoms with E-state index in [1.165, 1.54) is 22.3 Å². The van der Waals surface area contributed by atoms with Gasteiger partial charge in [0.1, 0.15) is 11.2 Å². The standard InChI is InChI=1S/C41H27N3O/c1-2-11-27(12-3-1)39-42-40(44-41(43-39)34-18-10-20-37-38(34)33-17-8-9-19-36(33)45-37)28-23-21-26(22-24-28)35-25-29-13-4-5-14-30(29)31-15-6-7-16-32(31)35/h1-25,29-30H. The molecular formula is C41H27N3O. The van der Waals surface area contributed by atoms with Gasteiger partial charge >= 0.3 is 0 Å². The Hall–Kier alpha value is -5.87. The highest BCUT2D eigenvalue weighted by molar-refractivity contribution is 6.11. The van der Waals surface area contributed by atoms with Crippen LogP contribution in [0.2, 0.25) is 0 Å². The van der Waals surface area contributed by atoms with Crippen LogP contribution in [-0.4, -0.2) is 15.0 Å². The van der Waals surface area contributed by atoms with Gasteiger partial charge < -0.3 is 4.42 Å². The van der Waals surface area contributed by atoms with Crippen LogP contribution in [0.5, 0.6) is 0 Å². The molecule has 45 heavy (non-hydrogen) atoms. The van der Waals surface area contributed by atoms with E-state index in [4.69, 9.17) is 19.4 Å². The van der Waals surface area contributed by atoms with Crippen molar-refractivity contribution in [1.82, 2.24) is 15.0 Å². The van der Waals surface area contributed by atoms with E-state index < -0.39 is 0 Å². The normalized spacial score (nSPS) is 16.8. The molecule has 212 valence electrons. The monoisotopic (exact) mass is 577 g/mol. The summed E-state index contributed by atoms with van der Waals surface area (Å²) in [6, 6.07) is 41.7. The SMILES string of the molecule is C1=CC2C=C(c3ccc(-c4nc(-c5ccccc5)nc(-c5cccc6oc7ccccc7c56)n4)cc3)c3ccccc3C2C=C1. The van der Waals surface area contributed by atoms with Gasteiger partial charge in [-0.1, -0.05) is 140 Å². The molecule has 0 saturated heterocycles. The second-order valence-electron chi connectivity index (χ2n) is 11.6. The molecule has 0 bridgehead atoms. The van der Waals surface area contributed by atoms with E-state index in [2.05, 4.69) is 91.0 Å². The Morgan fingerprint density at radius 3 is 2.00 bits per heavy atom. The number of hydrogen-bond acceptors (Lipinski definition) is 4. The van der Waals surface area contributed by atoms with Gasteiger partial charge in [0.15, 0.2) is 17.5 Å². The fourth-order valence-corrected chi connectivity index (χ4v) is 6.76. The van der Waals surface area contributed by atoms with Crippen molar-refractivity contribution >= 4 is 27.5 Å². The summed E-state index contributed by atoms with van der Waals surface area (Å²) >= 11 is 0. The van der Waals surface area contributed by atoms with Crippen molar-refractivity contribution in [2.24, 2.45) is 5.92 Å². The third-order valence-electron chi connectivity index (χ3n) is 8.91. The summed E-state index contributed by atoms with van der Waals surface area (Å²) in [5.74, 6) is 2.62. The maximum absolute atomic E-state index is 6.19. The number of furan rings is 1. The summed E-state index contributed by atoms with van der Waals surface area (Å²) in [6.45, 7) is 0. The number of benzene rings is 5. The molecule has 2 aromatic heterocycles. The first kappa shape index (κ1) is 25.6. The van der Waals surface area contributed by atoms with E-state index in [9.17, 15) is 0 Å². The second kappa shape index (κ2) is 10.4. The van der Waals surface area contributed by atoms with Crippen LogP contribution >= 0.6 is 0 Å². The molecule has 0 saturated carbocycles. The van der Waals surface area contributed by atoms with E-state index in [0.717, 1.165) is 38.6 Å². The third kappa shape index (κ3) is 4.34. The molecule has 0 spiro atoms. The Balaban J connectivity index is 1.18. The summed E-state index contributed by atoms with van der Waals surface area (Å²) in [4.78, 5) is 15.1. The topological polar surface area (TPSA) is 51.8 Å². The Bertz CT molecular complexity index is 2330. The summed E-state index contributed by atoms with van der Waals surface area (Å²) in [5.41, 5.74) is 9.57. The molecule has 2 heterocycles. The molecule has 4 heteroatoms. The first-order valence-electron chi connectivity index (χ1n) is 15.3. The van der Waals surface area contributed by atoms with Gasteiger partial charge in [-0.05, 0) is 34.4 Å². The minimum Gasteiger partial charge on any atom is -0.456 e. The number of rotatable bonds is 4. The van der Waals surface area contributed by atoms with Gasteiger partial charge in [-0.25, -0.2) is 15.0 Å². The molecule has 4 nitrogen and oxygen atoms in total. The Morgan fingerprint density at radius 1 is 0.489 bits per heavy atom. The van der Waals surface area contributed by atoms with Gasteiger partial charge in [-0.2, -0.15) is 0 Å². The zero-order valence-corrected chi connectivity index (χ0v) is 24.3. The van der Waals surface area contributed by atoms with Gasteiger partial charge in [-0.15, -0.1) is 0 Å². The first-order valence-corrected chi connectivity index (χ1v) is 15.3. The highest BCUT2D eigenvalue weighted by Gasteiger charge is 2.28. The Morgan fingerprint density at radius 2 is 1.13 bits per heavy atom. The quantitative estimate of drug-likeness (QED) is 0.209. The molecule has 0 amide bonds. The molecule has 0 fully saturated rings. The summed E-state index contributed by atoms with van der Waals surface area (Å²) in [7, 11) is 0. The maximum atomic E-state index is 6.19. The average molecular weight is 578 g/mol. The van der Waals surface area contributed by atoms with E-state index >= 15 is 0 Å². The molecular weight excluding hydrogens is 550 g/mol. The number of nitrogens with zero attached hydrogens (tertiary/aromatic N) is 3. The van der Waals surface area contributed by atoms with Crippen LogP contribution in [0.4, 0.5) is 0 Å². The van der Waals surface area contributed by atoms with Crippen molar-refractivity contribution < 1.29 is 4.42 Å². The van der Waals surface area contributed by atoms with E-state index in [0.29, 0.717) is 29.3 Å². The van der Waals surface area contributed by atoms with Crippen molar-refractivity contribution in [3.05, 3.63) is 168 Å². The zero-order chi connectivity index (χ0) is 29.7. The molecule has 2 aliphatic carbocycles. The van der Waals surface area contributed by atoms with Crippen molar-refractivity contribution in [3.63, 3.8) is 0 Å². The molecule has 2 aliphatic rings. The number of aromatic nitrogens is 3. The highest BCUT2D eigenvalue weighted by Crippen LogP contribution is 2.43. The van der Waals surface area contributed by atoms with Crippen LogP contribution in [0.15, 0.2) is 156 Å². The number of hydrogen-bond donors (Lipinski definition) is 0. The third-order valence-corrected chi connectivity index (χ3v) is 8.91. The summed E-state index contributed by atoms with van der Waals surface area (Å²) in [6.07, 6.45) is 11.3. The van der Waals surface area contributed by atoms with E-state index in [1.807, 2.05) is 60.7 Å². The highest BCUT2D eigenvalue weighted by atomic mass is 16.3. The van der Waals surface area contributed by atoms with Crippen molar-refractivity contribution in [2.45, 2.75) is 5.92 Å². The van der Waals surface area contributed by atoms with E-state index in [1.54, 1.807) is 0 Å². The fourth-order valence-electron chi connectivity index (χ4n) is 6.76. The van der Waals surface area contributed by atoms with E-state index in [-0.39, 0.29) is 0 Å². The molecule has 9 rings (SSSR count). The van der Waals surface area contributed by atoms with Crippen LogP contribution in [0, 0.1) is 5.92 Å². The smallest absolute Gasteiger partial charge is 0.164 e. The fraction of sp³-hybridized carbons (Fsp3) is 0.0488. The minimum absolute atomic E-state index is 0.348. The van der Waals surface area contributed by atoms with Crippen LogP contribution in [0.3, 0.4) is 0 Å². The van der Waals surface area contributed by atoms with Gasteiger partial charge in [0, 0.05) is 39.3 Å². The Labute approximate surface area is 260 Å². The minimum atomic E-state index is 0.348. The van der Waals surface area contributed by atoms with Crippen molar-refractivity contribution in [1.29, 1.82) is 0 Å². The number of para-hydroxylation sites is 1. The van der Waals surface area contributed by atoms with Crippen molar-refractivity contribution in [2.75, 3.05) is 0 Å². The van der Waals surface area contributed by atoms with Gasteiger partial charge in [-0.3, -0.25) is 0 Å². The number of allylic oxidation sites excluding steroid dienone is 5. The average Bonchev–Trinajstić information content (AvgIpc) is 3.51. The lowest BCUT2D eigenvalue weighted by molar-refractivity contribution is 0.669. The summed E-state index contributed by atoms with van der Waals surface area (Å²) < 4.78 is 6.19.